The van der Waals surface area contributed by atoms with Gasteiger partial charge in [-0.25, -0.2) is 4.79 Å². The van der Waals surface area contributed by atoms with Crippen molar-refractivity contribution in [3.8, 4) is 11.5 Å². The van der Waals surface area contributed by atoms with E-state index in [0.29, 0.717) is 41.2 Å². The molecule has 4 aromatic rings. The van der Waals surface area contributed by atoms with E-state index < -0.39 is 29.6 Å². The number of hydrogen-bond donors (Lipinski definition) is 1. The summed E-state index contributed by atoms with van der Waals surface area (Å²) in [7, 11) is 0. The molecule has 1 fully saturated rings. The van der Waals surface area contributed by atoms with Crippen LogP contribution in [0.25, 0.3) is 16.8 Å². The number of carbonyl (C=O) groups excluding carboxylic acids is 4. The van der Waals surface area contributed by atoms with Crippen LogP contribution in [0.15, 0.2) is 82.2 Å². The fourth-order valence-electron chi connectivity index (χ4n) is 4.92. The van der Waals surface area contributed by atoms with Crippen molar-refractivity contribution in [3.63, 3.8) is 0 Å². The first-order chi connectivity index (χ1) is 23.2. The maximum Gasteiger partial charge on any atom is 0.339 e. The summed E-state index contributed by atoms with van der Waals surface area (Å²) < 4.78 is 18.0. The van der Waals surface area contributed by atoms with E-state index in [4.69, 9.17) is 25.8 Å². The highest BCUT2D eigenvalue weighted by molar-refractivity contribution is 9.10. The fourth-order valence-corrected chi connectivity index (χ4v) is 6.53. The maximum absolute atomic E-state index is 13.2. The number of nitrogens with one attached hydrogen (secondary N) is 1. The van der Waals surface area contributed by atoms with Gasteiger partial charge in [0, 0.05) is 5.69 Å². The highest BCUT2D eigenvalue weighted by atomic mass is 79.9. The van der Waals surface area contributed by atoms with Gasteiger partial charge in [-0.3, -0.25) is 19.3 Å². The zero-order chi connectivity index (χ0) is 34.2. The molecule has 0 unspecified atom stereocenters. The van der Waals surface area contributed by atoms with Gasteiger partial charge in [0.1, 0.15) is 13.2 Å². The number of benzene rings is 4. The molecule has 5 rings (SSSR count). The van der Waals surface area contributed by atoms with E-state index in [1.165, 1.54) is 18.2 Å². The van der Waals surface area contributed by atoms with Crippen LogP contribution in [0.1, 0.15) is 48.2 Å². The normalized spacial score (nSPS) is 13.7. The number of imide groups is 1. The van der Waals surface area contributed by atoms with Crippen molar-refractivity contribution < 1.29 is 33.4 Å². The van der Waals surface area contributed by atoms with Gasteiger partial charge in [0.2, 0.25) is 5.91 Å². The number of carbonyl (C=O) groups is 4. The van der Waals surface area contributed by atoms with Gasteiger partial charge in [-0.1, -0.05) is 67.4 Å². The Morgan fingerprint density at radius 3 is 2.58 bits per heavy atom. The summed E-state index contributed by atoms with van der Waals surface area (Å²) in [5.41, 5.74) is 1.98. The molecule has 1 saturated heterocycles. The molecule has 0 radical (unpaired) electrons. The quantitative estimate of drug-likeness (QED) is 0.0820. The zero-order valence-corrected chi connectivity index (χ0v) is 29.4. The number of esters is 1. The van der Waals surface area contributed by atoms with Crippen molar-refractivity contribution in [2.24, 2.45) is 0 Å². The molecule has 9 nitrogen and oxygen atoms in total. The predicted octanol–water partition coefficient (Wildman–Crippen LogP) is 8.87. The minimum Gasteiger partial charge on any atom is -0.490 e. The lowest BCUT2D eigenvalue weighted by Gasteiger charge is -2.16. The number of hydrogen-bond acceptors (Lipinski definition) is 8. The van der Waals surface area contributed by atoms with Crippen molar-refractivity contribution in [2.75, 3.05) is 25.1 Å². The van der Waals surface area contributed by atoms with Gasteiger partial charge in [0.05, 0.1) is 33.2 Å². The Hall–Kier alpha value is -4.32. The average Bonchev–Trinajstić information content (AvgIpc) is 3.32. The molecule has 0 saturated carbocycles. The van der Waals surface area contributed by atoms with Crippen LogP contribution in [0, 0.1) is 0 Å². The SMILES string of the molecule is CCCCOC(=O)c1cc(NC(=O)CN2C(=O)S/C(=C/c3cc(Br)c(OCc4cccc5ccccc45)c(OCC)c3)C2=O)ccc1Cl. The average molecular weight is 752 g/mol. The summed E-state index contributed by atoms with van der Waals surface area (Å²) in [4.78, 5) is 52.3. The summed E-state index contributed by atoms with van der Waals surface area (Å²) in [6, 6.07) is 22.0. The first kappa shape index (κ1) is 35.0. The molecule has 1 N–H and O–H groups in total. The second kappa shape index (κ2) is 16.2. The van der Waals surface area contributed by atoms with Crippen LogP contribution in [0.2, 0.25) is 5.02 Å². The van der Waals surface area contributed by atoms with E-state index in [9.17, 15) is 19.2 Å². The Morgan fingerprint density at radius 2 is 1.79 bits per heavy atom. The molecule has 0 atom stereocenters. The monoisotopic (exact) mass is 750 g/mol. The Labute approximate surface area is 295 Å². The van der Waals surface area contributed by atoms with E-state index >= 15 is 0 Å². The van der Waals surface area contributed by atoms with Crippen LogP contribution in [-0.4, -0.2) is 47.7 Å². The molecule has 4 aromatic carbocycles. The van der Waals surface area contributed by atoms with E-state index in [1.54, 1.807) is 18.2 Å². The highest BCUT2D eigenvalue weighted by Crippen LogP contribution is 2.40. The van der Waals surface area contributed by atoms with Gasteiger partial charge in [-0.05, 0) is 99.3 Å². The molecular weight excluding hydrogens is 720 g/mol. The largest absolute Gasteiger partial charge is 0.490 e. The molecule has 0 bridgehead atoms. The van der Waals surface area contributed by atoms with E-state index in [1.807, 2.05) is 56.3 Å². The van der Waals surface area contributed by atoms with E-state index in [-0.39, 0.29) is 27.8 Å². The first-order valence-corrected chi connectivity index (χ1v) is 17.2. The Balaban J connectivity index is 1.27. The maximum atomic E-state index is 13.2. The number of fused-ring (bicyclic) bond motifs is 1. The number of thioether (sulfide) groups is 1. The summed E-state index contributed by atoms with van der Waals surface area (Å²) in [5.74, 6) is -0.869. The minimum absolute atomic E-state index is 0.0993. The molecule has 0 aliphatic carbocycles. The third kappa shape index (κ3) is 8.39. The van der Waals surface area contributed by atoms with Gasteiger partial charge in [0.25, 0.3) is 11.1 Å². The number of nitrogens with zero attached hydrogens (tertiary/aromatic N) is 1. The Kier molecular flexibility index (Phi) is 11.8. The second-order valence-corrected chi connectivity index (χ2v) is 12.9. The van der Waals surface area contributed by atoms with Crippen molar-refractivity contribution in [2.45, 2.75) is 33.3 Å². The van der Waals surface area contributed by atoms with Crippen molar-refractivity contribution in [1.82, 2.24) is 4.90 Å². The van der Waals surface area contributed by atoms with Crippen LogP contribution in [0.3, 0.4) is 0 Å². The number of rotatable bonds is 13. The molecule has 0 spiro atoms. The first-order valence-electron chi connectivity index (χ1n) is 15.3. The molecule has 12 heteroatoms. The molecule has 248 valence electrons. The number of halogens is 2. The molecule has 1 aliphatic heterocycles. The molecule has 0 aromatic heterocycles. The van der Waals surface area contributed by atoms with Crippen molar-refractivity contribution in [1.29, 1.82) is 0 Å². The van der Waals surface area contributed by atoms with Crippen LogP contribution >= 0.6 is 39.3 Å². The number of unbranched alkanes of at least 4 members (excludes halogenated alkanes) is 1. The van der Waals surface area contributed by atoms with Crippen LogP contribution in [0.5, 0.6) is 11.5 Å². The Bertz CT molecular complexity index is 1910. The lowest BCUT2D eigenvalue weighted by atomic mass is 10.1. The highest BCUT2D eigenvalue weighted by Gasteiger charge is 2.36. The topological polar surface area (TPSA) is 111 Å². The third-order valence-electron chi connectivity index (χ3n) is 7.26. The summed E-state index contributed by atoms with van der Waals surface area (Å²) in [6.07, 6.45) is 3.14. The van der Waals surface area contributed by atoms with Crippen LogP contribution in [-0.2, 0) is 20.9 Å². The lowest BCUT2D eigenvalue weighted by Crippen LogP contribution is -2.36. The van der Waals surface area contributed by atoms with Crippen molar-refractivity contribution >= 4 is 84.9 Å². The van der Waals surface area contributed by atoms with E-state index in [0.717, 1.165) is 39.4 Å². The van der Waals surface area contributed by atoms with Gasteiger partial charge < -0.3 is 19.5 Å². The molecule has 48 heavy (non-hydrogen) atoms. The summed E-state index contributed by atoms with van der Waals surface area (Å²) >= 11 is 10.5. The number of ether oxygens (including phenoxy) is 3. The molecule has 1 aliphatic rings. The van der Waals surface area contributed by atoms with E-state index in [2.05, 4.69) is 21.2 Å². The standard InChI is InChI=1S/C36H32BrClN2O7S/c1-3-5-15-46-35(43)27-19-25(13-14-29(27)38)39-32(41)20-40-34(42)31(48-36(40)44)18-22-16-28(37)33(30(17-22)45-4-2)47-21-24-11-8-10-23-9-6-7-12-26(23)24/h6-14,16-19H,3-5,15,20-21H2,1-2H3,(H,39,41)/b31-18+. The second-order valence-electron chi connectivity index (χ2n) is 10.7. The minimum atomic E-state index is -0.625. The number of anilines is 1. The fraction of sp³-hybridized carbons (Fsp3) is 0.222. The van der Waals surface area contributed by atoms with Gasteiger partial charge >= 0.3 is 5.97 Å². The molecule has 1 heterocycles. The smallest absolute Gasteiger partial charge is 0.339 e. The molecule has 3 amide bonds. The zero-order valence-electron chi connectivity index (χ0n) is 26.2. The van der Waals surface area contributed by atoms with Gasteiger partial charge in [-0.2, -0.15) is 0 Å². The predicted molar refractivity (Wildman–Crippen MR) is 192 cm³/mol. The third-order valence-corrected chi connectivity index (χ3v) is 9.08. The molecular formula is C36H32BrClN2O7S. The van der Waals surface area contributed by atoms with Gasteiger partial charge in [0.15, 0.2) is 11.5 Å². The van der Waals surface area contributed by atoms with Crippen LogP contribution in [0.4, 0.5) is 10.5 Å². The van der Waals surface area contributed by atoms with Crippen molar-refractivity contribution in [3.05, 3.63) is 104 Å². The van der Waals surface area contributed by atoms with Gasteiger partial charge in [-0.15, -0.1) is 0 Å². The Morgan fingerprint density at radius 1 is 1.00 bits per heavy atom. The summed E-state index contributed by atoms with van der Waals surface area (Å²) in [6.45, 7) is 4.25. The van der Waals surface area contributed by atoms with Crippen LogP contribution < -0.4 is 14.8 Å². The summed E-state index contributed by atoms with van der Waals surface area (Å²) in [5, 5.41) is 4.41. The number of amides is 3. The lowest BCUT2D eigenvalue weighted by molar-refractivity contribution is -0.127.